The van der Waals surface area contributed by atoms with E-state index in [1.165, 1.54) is 12.5 Å². The molecule has 0 bridgehead atoms. The lowest BCUT2D eigenvalue weighted by molar-refractivity contribution is 0.677. The van der Waals surface area contributed by atoms with Crippen molar-refractivity contribution in [3.63, 3.8) is 0 Å². The summed E-state index contributed by atoms with van der Waals surface area (Å²) in [4.78, 5) is 8.19. The van der Waals surface area contributed by atoms with Crippen LogP contribution in [0.25, 0.3) is 0 Å². The summed E-state index contributed by atoms with van der Waals surface area (Å²) < 4.78 is 36.6. The van der Waals surface area contributed by atoms with Crippen LogP contribution in [0.15, 0.2) is 36.7 Å². The van der Waals surface area contributed by atoms with E-state index in [4.69, 9.17) is 9.56 Å². The molecule has 2 atom stereocenters. The molecule has 0 aliphatic rings. The van der Waals surface area contributed by atoms with Crippen LogP contribution in [0, 0.1) is 23.4 Å². The zero-order chi connectivity index (χ0) is 23.1. The van der Waals surface area contributed by atoms with Gasteiger partial charge in [0.25, 0.3) is 0 Å². The van der Waals surface area contributed by atoms with Gasteiger partial charge in [-0.25, -0.2) is 4.21 Å². The minimum atomic E-state index is -2.45. The van der Waals surface area contributed by atoms with Crippen molar-refractivity contribution in [3.05, 3.63) is 59.2 Å². The Morgan fingerprint density at radius 2 is 1.41 bits per heavy atom. The van der Waals surface area contributed by atoms with Crippen molar-refractivity contribution < 1.29 is 8.42 Å². The van der Waals surface area contributed by atoms with E-state index in [2.05, 4.69) is 9.97 Å². The van der Waals surface area contributed by atoms with E-state index in [9.17, 15) is 8.42 Å². The van der Waals surface area contributed by atoms with Crippen LogP contribution in [0.5, 0.6) is 0 Å². The first kappa shape index (κ1) is 29.4. The Labute approximate surface area is 178 Å². The molecule has 2 N–H and O–H groups in total. The van der Waals surface area contributed by atoms with Crippen molar-refractivity contribution in [2.45, 2.75) is 53.7 Å². The molecule has 0 radical (unpaired) electrons. The molecule has 6 nitrogen and oxygen atoms in total. The van der Waals surface area contributed by atoms with E-state index >= 15 is 0 Å². The van der Waals surface area contributed by atoms with E-state index in [1.807, 2.05) is 65.8 Å². The van der Waals surface area contributed by atoms with E-state index < -0.39 is 19.5 Å². The number of aromatic nitrogens is 2. The number of nitrogens with zero attached hydrogens (tertiary/aromatic N) is 2. The Morgan fingerprint density at radius 1 is 0.828 bits per heavy atom. The summed E-state index contributed by atoms with van der Waals surface area (Å²) in [5, 5.41) is 0. The molecule has 0 amide bonds. The molecule has 8 heteroatoms. The monoisotopic (exact) mass is 442 g/mol. The van der Waals surface area contributed by atoms with Crippen molar-refractivity contribution in [1.29, 1.82) is 9.56 Å². The molecule has 0 aliphatic carbocycles. The van der Waals surface area contributed by atoms with Gasteiger partial charge in [0, 0.05) is 55.8 Å². The van der Waals surface area contributed by atoms with E-state index in [-0.39, 0.29) is 5.75 Å². The highest BCUT2D eigenvalue weighted by molar-refractivity contribution is 7.91. The summed E-state index contributed by atoms with van der Waals surface area (Å²) in [7, 11) is -4.81. The van der Waals surface area contributed by atoms with Gasteiger partial charge in [0.05, 0.1) is 11.4 Å². The maximum absolute atomic E-state index is 11.1. The summed E-state index contributed by atoms with van der Waals surface area (Å²) in [5.41, 5.74) is 3.83. The quantitative estimate of drug-likeness (QED) is 0.661. The Hall–Kier alpha value is -1.80. The summed E-state index contributed by atoms with van der Waals surface area (Å²) in [6.07, 6.45) is 7.07. The average molecular weight is 443 g/mol. The number of hydrogen-bond acceptors (Lipinski definition) is 6. The van der Waals surface area contributed by atoms with Gasteiger partial charge in [-0.1, -0.05) is 39.8 Å². The molecule has 0 aliphatic heterocycles. The molecule has 0 spiro atoms. The fraction of sp³-hybridized carbons (Fsp3) is 0.524. The number of pyridine rings is 2. The molecule has 0 saturated heterocycles. The average Bonchev–Trinajstić information content (AvgIpc) is 2.65. The highest BCUT2D eigenvalue weighted by Crippen LogP contribution is 2.03. The van der Waals surface area contributed by atoms with Gasteiger partial charge >= 0.3 is 0 Å². The molecule has 2 rings (SSSR count). The van der Waals surface area contributed by atoms with E-state index in [1.54, 1.807) is 12.4 Å². The van der Waals surface area contributed by atoms with Gasteiger partial charge in [0.15, 0.2) is 0 Å². The van der Waals surface area contributed by atoms with Crippen LogP contribution in [0.4, 0.5) is 0 Å². The smallest absolute Gasteiger partial charge is 0.0736 e. The Balaban J connectivity index is 0. The fourth-order valence-corrected chi connectivity index (χ4v) is 3.19. The van der Waals surface area contributed by atoms with Gasteiger partial charge in [-0.3, -0.25) is 23.7 Å². The van der Waals surface area contributed by atoms with Crippen molar-refractivity contribution in [2.24, 2.45) is 0 Å². The Kier molecular flexibility index (Phi) is 15.3. The van der Waals surface area contributed by atoms with Crippen LogP contribution in [0.1, 0.15) is 50.2 Å². The second-order valence-electron chi connectivity index (χ2n) is 6.24. The zero-order valence-corrected chi connectivity index (χ0v) is 20.7. The predicted molar refractivity (Wildman–Crippen MR) is 126 cm³/mol. The molecule has 2 aromatic rings. The highest BCUT2D eigenvalue weighted by atomic mass is 32.2. The van der Waals surface area contributed by atoms with Crippen LogP contribution in [0.3, 0.4) is 0 Å². The topological polar surface area (TPSA) is 108 Å². The minimum Gasteiger partial charge on any atom is -0.261 e. The van der Waals surface area contributed by atoms with Gasteiger partial charge in [0.2, 0.25) is 0 Å². The largest absolute Gasteiger partial charge is 0.261 e. The molecule has 29 heavy (non-hydrogen) atoms. The van der Waals surface area contributed by atoms with Crippen molar-refractivity contribution in [2.75, 3.05) is 18.3 Å². The van der Waals surface area contributed by atoms with Gasteiger partial charge in [-0.15, -0.1) is 0 Å². The first-order valence-electron chi connectivity index (χ1n) is 9.70. The molecular formula is C21H38N4O2S2. The van der Waals surface area contributed by atoms with Gasteiger partial charge in [-0.05, 0) is 43.5 Å². The van der Waals surface area contributed by atoms with Gasteiger partial charge in [0.1, 0.15) is 0 Å². The lowest BCUT2D eigenvalue weighted by Gasteiger charge is -2.01. The number of nitrogens with one attached hydrogen (secondary N) is 2. The molecule has 2 heterocycles. The second-order valence-corrected chi connectivity index (χ2v) is 11.0. The lowest BCUT2D eigenvalue weighted by Crippen LogP contribution is -2.04. The molecule has 166 valence electrons. The first-order valence-corrected chi connectivity index (χ1v) is 14.0. The van der Waals surface area contributed by atoms with Gasteiger partial charge < -0.3 is 0 Å². The number of rotatable bonds is 5. The second kappa shape index (κ2) is 15.1. The summed E-state index contributed by atoms with van der Waals surface area (Å²) in [5.74, 6) is 0.658. The normalized spacial score (nSPS) is 13.7. The first-order chi connectivity index (χ1) is 13.4. The third-order valence-electron chi connectivity index (χ3n) is 3.15. The van der Waals surface area contributed by atoms with Crippen LogP contribution >= 0.6 is 0 Å². The molecule has 2 unspecified atom stereocenters. The standard InChI is InChI=1S/C9H14N2OS.C8H12N2OS.2C2H6/c1-8-3-4-9(7-11-8)5-6-13(2,10)12;1-7-3-4-8(10-5-7)6-12(2,9)11;2*1-2/h3-4,7,10H,5-6H2,1-2H3;3-5,9H,6H2,1-2H3;2*1-2H3. The fourth-order valence-electron chi connectivity index (χ4n) is 1.82. The summed E-state index contributed by atoms with van der Waals surface area (Å²) in [6, 6.07) is 7.62. The molecule has 0 aromatic carbocycles. The third kappa shape index (κ3) is 18.0. The third-order valence-corrected chi connectivity index (χ3v) is 4.98. The summed E-state index contributed by atoms with van der Waals surface area (Å²) in [6.45, 7) is 11.9. The van der Waals surface area contributed by atoms with Crippen LogP contribution in [-0.2, 0) is 31.6 Å². The predicted octanol–water partition coefficient (Wildman–Crippen LogP) is 5.23. The lowest BCUT2D eigenvalue weighted by atomic mass is 10.2. The van der Waals surface area contributed by atoms with E-state index in [0.717, 1.165) is 22.5 Å². The van der Waals surface area contributed by atoms with Crippen LogP contribution < -0.4 is 0 Å². The van der Waals surface area contributed by atoms with Crippen LogP contribution in [-0.4, -0.2) is 36.7 Å². The molecule has 0 fully saturated rings. The molecule has 2 aromatic heterocycles. The van der Waals surface area contributed by atoms with Crippen molar-refractivity contribution in [3.8, 4) is 0 Å². The highest BCUT2D eigenvalue weighted by Gasteiger charge is 2.01. The van der Waals surface area contributed by atoms with Crippen molar-refractivity contribution >= 4 is 19.5 Å². The minimum absolute atomic E-state index is 0.243. The zero-order valence-electron chi connectivity index (χ0n) is 19.1. The summed E-state index contributed by atoms with van der Waals surface area (Å²) >= 11 is 0. The maximum Gasteiger partial charge on any atom is 0.0736 e. The molecule has 0 saturated carbocycles. The van der Waals surface area contributed by atoms with Crippen LogP contribution in [0.2, 0.25) is 0 Å². The Morgan fingerprint density at radius 3 is 1.79 bits per heavy atom. The maximum atomic E-state index is 11.1. The molecular weight excluding hydrogens is 404 g/mol. The SMILES string of the molecule is CC.CC.Cc1ccc(CCS(C)(=N)=O)cn1.Cc1ccc(CS(C)(=N)=O)nc1. The Bertz CT molecular complexity index is 875. The van der Waals surface area contributed by atoms with Crippen molar-refractivity contribution in [1.82, 2.24) is 9.97 Å². The number of aryl methyl sites for hydroxylation is 3. The van der Waals surface area contributed by atoms with Gasteiger partial charge in [-0.2, -0.15) is 0 Å². The van der Waals surface area contributed by atoms with E-state index in [0.29, 0.717) is 12.2 Å². The number of hydrogen-bond donors (Lipinski definition) is 2.